The summed E-state index contributed by atoms with van der Waals surface area (Å²) in [6.07, 6.45) is 2.59. The number of hydrogen-bond donors (Lipinski definition) is 2. The molecule has 148 valence electrons. The lowest BCUT2D eigenvalue weighted by Gasteiger charge is -2.30. The van der Waals surface area contributed by atoms with Crippen molar-refractivity contribution in [2.24, 2.45) is 11.7 Å². The highest BCUT2D eigenvalue weighted by molar-refractivity contribution is 5.98. The minimum atomic E-state index is -0.626. The number of piperidine rings is 1. The number of carbonyl (C=O) groups is 2. The number of rotatable bonds is 5. The summed E-state index contributed by atoms with van der Waals surface area (Å²) in [5.41, 5.74) is 9.30. The van der Waals surface area contributed by atoms with Crippen molar-refractivity contribution in [3.63, 3.8) is 0 Å². The van der Waals surface area contributed by atoms with Crippen LogP contribution < -0.4 is 11.1 Å². The molecule has 1 saturated heterocycles. The molecule has 5 heteroatoms. The van der Waals surface area contributed by atoms with Crippen molar-refractivity contribution in [1.82, 2.24) is 4.90 Å². The highest BCUT2D eigenvalue weighted by Gasteiger charge is 2.22. The molecule has 2 aromatic carbocycles. The van der Waals surface area contributed by atoms with Gasteiger partial charge in [-0.2, -0.15) is 0 Å². The van der Waals surface area contributed by atoms with Crippen LogP contribution in [-0.2, 0) is 11.2 Å². The molecule has 0 spiro atoms. The molecule has 28 heavy (non-hydrogen) atoms. The molecule has 0 saturated carbocycles. The Morgan fingerprint density at radius 2 is 1.82 bits per heavy atom. The van der Waals surface area contributed by atoms with E-state index >= 15 is 0 Å². The van der Waals surface area contributed by atoms with Crippen LogP contribution in [0, 0.1) is 12.8 Å². The maximum Gasteiger partial charge on any atom is 0.253 e. The van der Waals surface area contributed by atoms with Crippen molar-refractivity contribution in [2.75, 3.05) is 18.4 Å². The van der Waals surface area contributed by atoms with Gasteiger partial charge >= 0.3 is 0 Å². The fraction of sp³-hybridized carbons (Fsp3) is 0.391. The summed E-state index contributed by atoms with van der Waals surface area (Å²) in [6, 6.07) is 14.5. The SMILES string of the molecule is Cc1cc(C(=O)N2CCC(C)CC2)ccc1NC(=O)C(N)Cc1ccccc1. The molecule has 1 heterocycles. The smallest absolute Gasteiger partial charge is 0.253 e. The van der Waals surface area contributed by atoms with Gasteiger partial charge in [0.1, 0.15) is 0 Å². The van der Waals surface area contributed by atoms with Crippen LogP contribution in [0.3, 0.4) is 0 Å². The van der Waals surface area contributed by atoms with Crippen molar-refractivity contribution in [1.29, 1.82) is 0 Å². The Labute approximate surface area is 166 Å². The van der Waals surface area contributed by atoms with Gasteiger partial charge in [-0.25, -0.2) is 0 Å². The van der Waals surface area contributed by atoms with Crippen LogP contribution in [0.15, 0.2) is 48.5 Å². The molecular formula is C23H29N3O2. The number of amides is 2. The molecule has 5 nitrogen and oxygen atoms in total. The summed E-state index contributed by atoms with van der Waals surface area (Å²) in [7, 11) is 0. The number of carbonyl (C=O) groups excluding carboxylic acids is 2. The summed E-state index contributed by atoms with van der Waals surface area (Å²) in [5, 5.41) is 2.89. The molecule has 1 fully saturated rings. The molecule has 3 rings (SSSR count). The molecule has 0 bridgehead atoms. The quantitative estimate of drug-likeness (QED) is 0.836. The lowest BCUT2D eigenvalue weighted by atomic mass is 9.98. The minimum absolute atomic E-state index is 0.0636. The predicted octanol–water partition coefficient (Wildman–Crippen LogP) is 3.38. The largest absolute Gasteiger partial charge is 0.339 e. The van der Waals surface area contributed by atoms with Gasteiger partial charge < -0.3 is 16.0 Å². The number of nitrogens with one attached hydrogen (secondary N) is 1. The molecule has 0 radical (unpaired) electrons. The fourth-order valence-electron chi connectivity index (χ4n) is 3.52. The van der Waals surface area contributed by atoms with E-state index in [1.54, 1.807) is 12.1 Å². The summed E-state index contributed by atoms with van der Waals surface area (Å²) >= 11 is 0. The fourth-order valence-corrected chi connectivity index (χ4v) is 3.52. The van der Waals surface area contributed by atoms with Crippen molar-refractivity contribution >= 4 is 17.5 Å². The predicted molar refractivity (Wildman–Crippen MR) is 112 cm³/mol. The molecule has 2 amide bonds. The zero-order chi connectivity index (χ0) is 20.1. The Hall–Kier alpha value is -2.66. The van der Waals surface area contributed by atoms with Gasteiger partial charge in [-0.1, -0.05) is 37.3 Å². The Balaban J connectivity index is 1.62. The minimum Gasteiger partial charge on any atom is -0.339 e. The lowest BCUT2D eigenvalue weighted by molar-refractivity contribution is -0.117. The van der Waals surface area contributed by atoms with Crippen molar-refractivity contribution in [3.05, 3.63) is 65.2 Å². The maximum absolute atomic E-state index is 12.7. The number of nitrogens with two attached hydrogens (primary N) is 1. The number of nitrogens with zero attached hydrogens (tertiary/aromatic N) is 1. The monoisotopic (exact) mass is 379 g/mol. The third-order valence-corrected chi connectivity index (χ3v) is 5.44. The van der Waals surface area contributed by atoms with Gasteiger partial charge in [-0.3, -0.25) is 9.59 Å². The van der Waals surface area contributed by atoms with Crippen LogP contribution in [-0.4, -0.2) is 35.8 Å². The second kappa shape index (κ2) is 9.02. The number of anilines is 1. The third-order valence-electron chi connectivity index (χ3n) is 5.44. The Kier molecular flexibility index (Phi) is 6.47. The molecule has 1 atom stereocenters. The van der Waals surface area contributed by atoms with E-state index < -0.39 is 6.04 Å². The van der Waals surface area contributed by atoms with Crippen molar-refractivity contribution in [2.45, 2.75) is 39.2 Å². The van der Waals surface area contributed by atoms with Crippen molar-refractivity contribution < 1.29 is 9.59 Å². The maximum atomic E-state index is 12.7. The number of benzene rings is 2. The van der Waals surface area contributed by atoms with E-state index in [4.69, 9.17) is 5.73 Å². The van der Waals surface area contributed by atoms with Crippen LogP contribution in [0.4, 0.5) is 5.69 Å². The average Bonchev–Trinajstić information content (AvgIpc) is 2.70. The van der Waals surface area contributed by atoms with E-state index in [2.05, 4.69) is 12.2 Å². The highest BCUT2D eigenvalue weighted by Crippen LogP contribution is 2.21. The number of hydrogen-bond acceptors (Lipinski definition) is 3. The Bertz CT molecular complexity index is 827. The molecule has 1 unspecified atom stereocenters. The van der Waals surface area contributed by atoms with E-state index in [-0.39, 0.29) is 11.8 Å². The lowest BCUT2D eigenvalue weighted by Crippen LogP contribution is -2.38. The summed E-state index contributed by atoms with van der Waals surface area (Å²) < 4.78 is 0. The van der Waals surface area contributed by atoms with Gasteiger partial charge in [-0.15, -0.1) is 0 Å². The zero-order valence-electron chi connectivity index (χ0n) is 16.7. The van der Waals surface area contributed by atoms with Gasteiger partial charge in [0.15, 0.2) is 0 Å². The molecule has 1 aliphatic heterocycles. The Morgan fingerprint density at radius 3 is 2.46 bits per heavy atom. The molecule has 1 aliphatic rings. The normalized spacial score (nSPS) is 15.9. The molecule has 2 aromatic rings. The summed E-state index contributed by atoms with van der Waals surface area (Å²) in [6.45, 7) is 5.75. The molecular weight excluding hydrogens is 350 g/mol. The topological polar surface area (TPSA) is 75.4 Å². The first-order valence-electron chi connectivity index (χ1n) is 9.94. The summed E-state index contributed by atoms with van der Waals surface area (Å²) in [5.74, 6) is 0.521. The van der Waals surface area contributed by atoms with Gasteiger partial charge in [0, 0.05) is 24.3 Å². The molecule has 0 aromatic heterocycles. The molecule has 0 aliphatic carbocycles. The standard InChI is InChI=1S/C23H29N3O2/c1-16-10-12-26(13-11-16)23(28)19-8-9-21(17(2)14-19)25-22(27)20(24)15-18-6-4-3-5-7-18/h3-9,14,16,20H,10-13,15,24H2,1-2H3,(H,25,27). The first-order valence-corrected chi connectivity index (χ1v) is 9.94. The third kappa shape index (κ3) is 4.98. The van der Waals surface area contributed by atoms with Gasteiger partial charge in [-0.05, 0) is 61.4 Å². The highest BCUT2D eigenvalue weighted by atomic mass is 16.2. The molecule has 3 N–H and O–H groups in total. The van der Waals surface area contributed by atoms with E-state index in [1.807, 2.05) is 48.2 Å². The van der Waals surface area contributed by atoms with Crippen LogP contribution in [0.25, 0.3) is 0 Å². The average molecular weight is 380 g/mol. The van der Waals surface area contributed by atoms with Crippen LogP contribution in [0.5, 0.6) is 0 Å². The van der Waals surface area contributed by atoms with Gasteiger partial charge in [0.25, 0.3) is 5.91 Å². The zero-order valence-corrected chi connectivity index (χ0v) is 16.7. The van der Waals surface area contributed by atoms with E-state index in [1.165, 1.54) is 0 Å². The first-order chi connectivity index (χ1) is 13.4. The first kappa shape index (κ1) is 20.1. The second-order valence-electron chi connectivity index (χ2n) is 7.79. The number of aryl methyl sites for hydroxylation is 1. The number of likely N-dealkylation sites (tertiary alicyclic amines) is 1. The van der Waals surface area contributed by atoms with E-state index in [9.17, 15) is 9.59 Å². The van der Waals surface area contributed by atoms with Crippen LogP contribution >= 0.6 is 0 Å². The van der Waals surface area contributed by atoms with E-state index in [0.29, 0.717) is 23.6 Å². The summed E-state index contributed by atoms with van der Waals surface area (Å²) in [4.78, 5) is 27.1. The van der Waals surface area contributed by atoms with Crippen LogP contribution in [0.1, 0.15) is 41.3 Å². The van der Waals surface area contributed by atoms with Gasteiger partial charge in [0.05, 0.1) is 6.04 Å². The van der Waals surface area contributed by atoms with Gasteiger partial charge in [0.2, 0.25) is 5.91 Å². The van der Waals surface area contributed by atoms with E-state index in [0.717, 1.165) is 37.1 Å². The Morgan fingerprint density at radius 1 is 1.14 bits per heavy atom. The van der Waals surface area contributed by atoms with Crippen molar-refractivity contribution in [3.8, 4) is 0 Å². The van der Waals surface area contributed by atoms with Crippen LogP contribution in [0.2, 0.25) is 0 Å². The second-order valence-corrected chi connectivity index (χ2v) is 7.79.